The number of ether oxygens (including phenoxy) is 2. The summed E-state index contributed by atoms with van der Waals surface area (Å²) in [4.78, 5) is 12.2. The fourth-order valence-electron chi connectivity index (χ4n) is 2.15. The molecule has 0 spiro atoms. The molecule has 1 fully saturated rings. The molecule has 0 aromatic heterocycles. The summed E-state index contributed by atoms with van der Waals surface area (Å²) in [6.07, 6.45) is 1.08. The van der Waals surface area contributed by atoms with E-state index in [1.807, 2.05) is 19.9 Å². The van der Waals surface area contributed by atoms with Gasteiger partial charge >= 0.3 is 0 Å². The average Bonchev–Trinajstić information content (AvgIpc) is 2.92. The topological polar surface area (TPSA) is 73.6 Å². The molecule has 1 amide bonds. The second-order valence-corrected chi connectivity index (χ2v) is 5.27. The molecule has 5 heteroatoms. The summed E-state index contributed by atoms with van der Waals surface area (Å²) in [6, 6.07) is 5.28. The fourth-order valence-corrected chi connectivity index (χ4v) is 2.15. The number of nitrogens with one attached hydrogen (secondary N) is 1. The van der Waals surface area contributed by atoms with Crippen LogP contribution in [-0.4, -0.2) is 37.9 Å². The Morgan fingerprint density at radius 2 is 2.40 bits per heavy atom. The second-order valence-electron chi connectivity index (χ2n) is 5.27. The van der Waals surface area contributed by atoms with Gasteiger partial charge in [-0.15, -0.1) is 0 Å². The molecule has 2 unspecified atom stereocenters. The number of amides is 1. The average molecular weight is 278 g/mol. The van der Waals surface area contributed by atoms with Crippen molar-refractivity contribution in [3.63, 3.8) is 0 Å². The van der Waals surface area contributed by atoms with Gasteiger partial charge in [0.1, 0.15) is 0 Å². The van der Waals surface area contributed by atoms with Crippen molar-refractivity contribution >= 4 is 11.6 Å². The van der Waals surface area contributed by atoms with Crippen molar-refractivity contribution in [1.82, 2.24) is 5.32 Å². The molecule has 0 radical (unpaired) electrons. The molecule has 0 aliphatic carbocycles. The zero-order valence-electron chi connectivity index (χ0n) is 12.0. The minimum Gasteiger partial charge on any atom is -0.399 e. The van der Waals surface area contributed by atoms with Gasteiger partial charge in [-0.2, -0.15) is 0 Å². The molecule has 1 aliphatic heterocycles. The summed E-state index contributed by atoms with van der Waals surface area (Å²) >= 11 is 0. The first-order valence-electron chi connectivity index (χ1n) is 6.92. The quantitative estimate of drug-likeness (QED) is 0.801. The lowest BCUT2D eigenvalue weighted by Gasteiger charge is -2.17. The number of benzene rings is 1. The number of nitrogen functional groups attached to an aromatic ring is 1. The van der Waals surface area contributed by atoms with E-state index < -0.39 is 0 Å². The third-order valence-corrected chi connectivity index (χ3v) is 3.35. The van der Waals surface area contributed by atoms with Gasteiger partial charge in [-0.25, -0.2) is 0 Å². The Kier molecular flexibility index (Phi) is 4.98. The van der Waals surface area contributed by atoms with Crippen LogP contribution in [0.4, 0.5) is 5.69 Å². The molecule has 3 N–H and O–H groups in total. The number of carbonyl (C=O) groups excluding carboxylic acids is 1. The number of hydrogen-bond acceptors (Lipinski definition) is 4. The second kappa shape index (κ2) is 6.72. The fraction of sp³-hybridized carbons (Fsp3) is 0.533. The van der Waals surface area contributed by atoms with Crippen molar-refractivity contribution in [1.29, 1.82) is 0 Å². The molecule has 2 rings (SSSR count). The molecule has 0 bridgehead atoms. The summed E-state index contributed by atoms with van der Waals surface area (Å²) in [5.41, 5.74) is 7.83. The monoisotopic (exact) mass is 278 g/mol. The van der Waals surface area contributed by atoms with Crippen molar-refractivity contribution in [3.8, 4) is 0 Å². The van der Waals surface area contributed by atoms with Gasteiger partial charge in [-0.05, 0) is 38.0 Å². The molecule has 2 atom stereocenters. The number of carbonyl (C=O) groups is 1. The van der Waals surface area contributed by atoms with Gasteiger partial charge in [-0.1, -0.05) is 6.07 Å². The van der Waals surface area contributed by atoms with E-state index in [0.29, 0.717) is 24.5 Å². The Morgan fingerprint density at radius 1 is 1.60 bits per heavy atom. The van der Waals surface area contributed by atoms with Crippen LogP contribution in [0.5, 0.6) is 0 Å². The van der Waals surface area contributed by atoms with Crippen LogP contribution in [0, 0.1) is 6.92 Å². The number of anilines is 1. The van der Waals surface area contributed by atoms with Crippen LogP contribution in [-0.2, 0) is 9.47 Å². The van der Waals surface area contributed by atoms with Crippen molar-refractivity contribution in [3.05, 3.63) is 29.3 Å². The maximum Gasteiger partial charge on any atom is 0.251 e. The largest absolute Gasteiger partial charge is 0.399 e. The Bertz CT molecular complexity index is 470. The van der Waals surface area contributed by atoms with E-state index >= 15 is 0 Å². The van der Waals surface area contributed by atoms with Gasteiger partial charge in [0.25, 0.3) is 5.91 Å². The molecular formula is C15H22N2O3. The third-order valence-electron chi connectivity index (χ3n) is 3.35. The van der Waals surface area contributed by atoms with Crippen LogP contribution in [0.1, 0.15) is 29.3 Å². The van der Waals surface area contributed by atoms with Crippen LogP contribution < -0.4 is 11.1 Å². The summed E-state index contributed by atoms with van der Waals surface area (Å²) in [5.74, 6) is -0.117. The number of nitrogens with two attached hydrogens (primary N) is 1. The highest BCUT2D eigenvalue weighted by molar-refractivity contribution is 5.96. The Hall–Kier alpha value is -1.59. The Labute approximate surface area is 119 Å². The summed E-state index contributed by atoms with van der Waals surface area (Å²) < 4.78 is 10.9. The molecule has 20 heavy (non-hydrogen) atoms. The lowest BCUT2D eigenvalue weighted by molar-refractivity contribution is 0.0318. The van der Waals surface area contributed by atoms with Crippen LogP contribution in [0.25, 0.3) is 0 Å². The van der Waals surface area contributed by atoms with Crippen molar-refractivity contribution < 1.29 is 14.3 Å². The highest BCUT2D eigenvalue weighted by Crippen LogP contribution is 2.13. The first kappa shape index (κ1) is 14.8. The van der Waals surface area contributed by atoms with E-state index in [-0.39, 0.29) is 18.1 Å². The zero-order valence-corrected chi connectivity index (χ0v) is 12.0. The highest BCUT2D eigenvalue weighted by atomic mass is 16.5. The summed E-state index contributed by atoms with van der Waals surface area (Å²) in [5, 5.41) is 2.93. The molecule has 5 nitrogen and oxygen atoms in total. The molecule has 1 aromatic carbocycles. The predicted octanol–water partition coefficient (Wildman–Crippen LogP) is 1.50. The number of hydrogen-bond donors (Lipinski definition) is 2. The molecular weight excluding hydrogens is 256 g/mol. The lowest BCUT2D eigenvalue weighted by Crippen LogP contribution is -2.37. The van der Waals surface area contributed by atoms with E-state index in [1.165, 1.54) is 0 Å². The lowest BCUT2D eigenvalue weighted by atomic mass is 10.1. The third kappa shape index (κ3) is 3.95. The normalized spacial score (nSPS) is 19.8. The van der Waals surface area contributed by atoms with Gasteiger partial charge in [0, 0.05) is 23.9 Å². The van der Waals surface area contributed by atoms with E-state index in [1.54, 1.807) is 12.1 Å². The van der Waals surface area contributed by atoms with Crippen molar-refractivity contribution in [2.75, 3.05) is 25.6 Å². The SMILES string of the molecule is Cc1ccc(N)cc1C(=O)NC(C)COC1CCOC1. The molecule has 1 aromatic rings. The zero-order chi connectivity index (χ0) is 14.5. The minimum absolute atomic E-state index is 0.0519. The predicted molar refractivity (Wildman–Crippen MR) is 77.7 cm³/mol. The molecule has 1 heterocycles. The molecule has 110 valence electrons. The summed E-state index contributed by atoms with van der Waals surface area (Å²) in [6.45, 7) is 5.71. The molecule has 1 saturated heterocycles. The first-order valence-corrected chi connectivity index (χ1v) is 6.92. The minimum atomic E-state index is -0.117. The Morgan fingerprint density at radius 3 is 3.10 bits per heavy atom. The van der Waals surface area contributed by atoms with Gasteiger partial charge in [0.05, 0.1) is 19.3 Å². The van der Waals surface area contributed by atoms with Crippen LogP contribution in [0.3, 0.4) is 0 Å². The van der Waals surface area contributed by atoms with Gasteiger partial charge < -0.3 is 20.5 Å². The van der Waals surface area contributed by atoms with E-state index in [4.69, 9.17) is 15.2 Å². The smallest absolute Gasteiger partial charge is 0.251 e. The standard InChI is InChI=1S/C15H22N2O3/c1-10-3-4-12(16)7-14(10)15(18)17-11(2)8-20-13-5-6-19-9-13/h3-4,7,11,13H,5-6,8-9,16H2,1-2H3,(H,17,18). The van der Waals surface area contributed by atoms with Crippen LogP contribution >= 0.6 is 0 Å². The first-order chi connectivity index (χ1) is 9.56. The van der Waals surface area contributed by atoms with Crippen molar-refractivity contribution in [2.45, 2.75) is 32.4 Å². The van der Waals surface area contributed by atoms with E-state index in [2.05, 4.69) is 5.32 Å². The number of aryl methyl sites for hydroxylation is 1. The van der Waals surface area contributed by atoms with Crippen LogP contribution in [0.2, 0.25) is 0 Å². The van der Waals surface area contributed by atoms with Crippen molar-refractivity contribution in [2.24, 2.45) is 0 Å². The van der Waals surface area contributed by atoms with Crippen LogP contribution in [0.15, 0.2) is 18.2 Å². The maximum absolute atomic E-state index is 12.2. The molecule has 1 aliphatic rings. The van der Waals surface area contributed by atoms with Gasteiger partial charge in [0.2, 0.25) is 0 Å². The molecule has 0 saturated carbocycles. The van der Waals surface area contributed by atoms with E-state index in [9.17, 15) is 4.79 Å². The van der Waals surface area contributed by atoms with E-state index in [0.717, 1.165) is 18.6 Å². The number of rotatable bonds is 5. The van der Waals surface area contributed by atoms with Gasteiger partial charge in [0.15, 0.2) is 0 Å². The highest BCUT2D eigenvalue weighted by Gasteiger charge is 2.18. The van der Waals surface area contributed by atoms with Gasteiger partial charge in [-0.3, -0.25) is 4.79 Å². The Balaban J connectivity index is 1.85. The maximum atomic E-state index is 12.2. The summed E-state index contributed by atoms with van der Waals surface area (Å²) in [7, 11) is 0.